The van der Waals surface area contributed by atoms with Gasteiger partial charge in [-0.2, -0.15) is 0 Å². The number of aryl methyl sites for hydroxylation is 1. The van der Waals surface area contributed by atoms with Crippen molar-refractivity contribution >= 4 is 23.4 Å². The minimum atomic E-state index is -1.64. The van der Waals surface area contributed by atoms with Crippen LogP contribution in [0.5, 0.6) is 0 Å². The lowest BCUT2D eigenvalue weighted by Gasteiger charge is -2.11. The molecule has 0 saturated carbocycles. The highest BCUT2D eigenvalue weighted by Crippen LogP contribution is 2.28. The first-order chi connectivity index (χ1) is 15.4. The van der Waals surface area contributed by atoms with Crippen LogP contribution >= 0.6 is 11.8 Å². The van der Waals surface area contributed by atoms with Crippen molar-refractivity contribution in [1.82, 2.24) is 14.8 Å². The smallest absolute Gasteiger partial charge is 0.234 e. The summed E-state index contributed by atoms with van der Waals surface area (Å²) in [5.41, 5.74) is 2.34. The van der Waals surface area contributed by atoms with Gasteiger partial charge in [0.25, 0.3) is 0 Å². The number of hydrogen-bond donors (Lipinski definition) is 1. The van der Waals surface area contributed by atoms with Gasteiger partial charge in [-0.15, -0.1) is 10.2 Å². The van der Waals surface area contributed by atoms with Crippen molar-refractivity contribution in [2.45, 2.75) is 12.1 Å². The lowest BCUT2D eigenvalue weighted by Crippen LogP contribution is -2.16. The summed E-state index contributed by atoms with van der Waals surface area (Å²) in [6, 6.07) is 18.9. The van der Waals surface area contributed by atoms with Crippen LogP contribution in [0.2, 0.25) is 0 Å². The Kier molecular flexibility index (Phi) is 6.27. The van der Waals surface area contributed by atoms with Crippen LogP contribution in [0, 0.1) is 24.4 Å². The fourth-order valence-corrected chi connectivity index (χ4v) is 3.75. The zero-order chi connectivity index (χ0) is 22.7. The molecule has 4 aromatic rings. The van der Waals surface area contributed by atoms with Crippen molar-refractivity contribution < 1.29 is 18.0 Å². The maximum absolute atomic E-state index is 13.8. The van der Waals surface area contributed by atoms with E-state index in [1.165, 1.54) is 0 Å². The second-order valence-electron chi connectivity index (χ2n) is 6.90. The molecular formula is C23H17F3N4OS. The van der Waals surface area contributed by atoms with Crippen molar-refractivity contribution in [2.75, 3.05) is 11.1 Å². The van der Waals surface area contributed by atoms with Crippen LogP contribution < -0.4 is 5.32 Å². The third-order valence-electron chi connectivity index (χ3n) is 4.60. The van der Waals surface area contributed by atoms with E-state index in [0.717, 1.165) is 40.7 Å². The Balaban J connectivity index is 1.58. The number of para-hydroxylation sites is 1. The quantitative estimate of drug-likeness (QED) is 0.313. The normalized spacial score (nSPS) is 10.9. The van der Waals surface area contributed by atoms with E-state index in [2.05, 4.69) is 15.5 Å². The minimum Gasteiger partial charge on any atom is -0.323 e. The molecule has 1 heterocycles. The second-order valence-corrected chi connectivity index (χ2v) is 7.85. The average Bonchev–Trinajstić information content (AvgIpc) is 3.23. The Morgan fingerprint density at radius 3 is 2.38 bits per heavy atom. The maximum Gasteiger partial charge on any atom is 0.234 e. The van der Waals surface area contributed by atoms with Crippen LogP contribution in [0.3, 0.4) is 0 Å². The summed E-state index contributed by atoms with van der Waals surface area (Å²) < 4.78 is 42.1. The van der Waals surface area contributed by atoms with E-state index >= 15 is 0 Å². The van der Waals surface area contributed by atoms with Gasteiger partial charge in [0.2, 0.25) is 5.91 Å². The molecule has 3 aromatic carbocycles. The largest absolute Gasteiger partial charge is 0.323 e. The van der Waals surface area contributed by atoms with Crippen molar-refractivity contribution in [1.29, 1.82) is 0 Å². The molecule has 0 atom stereocenters. The Hall–Kier alpha value is -3.59. The molecule has 1 N–H and O–H groups in total. The van der Waals surface area contributed by atoms with Crippen LogP contribution in [0.25, 0.3) is 17.1 Å². The molecular weight excluding hydrogens is 437 g/mol. The molecule has 0 unspecified atom stereocenters. The Bertz CT molecular complexity index is 1260. The standard InChI is InChI=1S/C23H17F3N4OS/c1-14-7-9-15(10-8-14)22-28-29-23(30(22)16-5-3-2-4-6-16)32-13-19(31)27-18-12-11-17(24)20(25)21(18)26/h2-12H,13H2,1H3,(H,27,31). The van der Waals surface area contributed by atoms with Gasteiger partial charge in [0.15, 0.2) is 28.4 Å². The Morgan fingerprint density at radius 1 is 0.938 bits per heavy atom. The van der Waals surface area contributed by atoms with Crippen LogP contribution in [0.4, 0.5) is 18.9 Å². The molecule has 0 radical (unpaired) electrons. The fourth-order valence-electron chi connectivity index (χ4n) is 3.00. The van der Waals surface area contributed by atoms with E-state index in [-0.39, 0.29) is 5.75 Å². The van der Waals surface area contributed by atoms with E-state index in [0.29, 0.717) is 11.0 Å². The molecule has 0 aliphatic heterocycles. The average molecular weight is 454 g/mol. The van der Waals surface area contributed by atoms with Crippen LogP contribution in [-0.2, 0) is 4.79 Å². The van der Waals surface area contributed by atoms with Crippen LogP contribution in [0.15, 0.2) is 71.9 Å². The number of nitrogens with one attached hydrogen (secondary N) is 1. The summed E-state index contributed by atoms with van der Waals surface area (Å²) >= 11 is 1.09. The summed E-state index contributed by atoms with van der Waals surface area (Å²) in [5, 5.41) is 11.2. The van der Waals surface area contributed by atoms with Crippen molar-refractivity contribution in [3.05, 3.63) is 89.7 Å². The molecule has 4 rings (SSSR count). The zero-order valence-electron chi connectivity index (χ0n) is 16.8. The molecule has 0 aliphatic rings. The summed E-state index contributed by atoms with van der Waals surface area (Å²) in [5.74, 6) is -4.55. The monoisotopic (exact) mass is 454 g/mol. The number of aromatic nitrogens is 3. The number of benzene rings is 3. The Morgan fingerprint density at radius 2 is 1.66 bits per heavy atom. The van der Waals surface area contributed by atoms with Gasteiger partial charge >= 0.3 is 0 Å². The van der Waals surface area contributed by atoms with Crippen LogP contribution in [-0.4, -0.2) is 26.4 Å². The number of nitrogens with zero attached hydrogens (tertiary/aromatic N) is 3. The SMILES string of the molecule is Cc1ccc(-c2nnc(SCC(=O)Nc3ccc(F)c(F)c3F)n2-c2ccccc2)cc1. The van der Waals surface area contributed by atoms with Crippen molar-refractivity contribution in [2.24, 2.45) is 0 Å². The third kappa shape index (κ3) is 4.52. The predicted molar refractivity (Wildman–Crippen MR) is 117 cm³/mol. The van der Waals surface area contributed by atoms with Crippen molar-refractivity contribution in [3.8, 4) is 17.1 Å². The van der Waals surface area contributed by atoms with E-state index in [9.17, 15) is 18.0 Å². The highest BCUT2D eigenvalue weighted by Gasteiger charge is 2.19. The number of carbonyl (C=O) groups excluding carboxylic acids is 1. The maximum atomic E-state index is 13.8. The predicted octanol–water partition coefficient (Wildman–Crippen LogP) is 5.39. The fraction of sp³-hybridized carbons (Fsp3) is 0.0870. The van der Waals surface area contributed by atoms with E-state index < -0.39 is 29.0 Å². The van der Waals surface area contributed by atoms with E-state index in [1.807, 2.05) is 66.1 Å². The molecule has 32 heavy (non-hydrogen) atoms. The van der Waals surface area contributed by atoms with Gasteiger partial charge < -0.3 is 5.32 Å². The lowest BCUT2D eigenvalue weighted by molar-refractivity contribution is -0.113. The zero-order valence-corrected chi connectivity index (χ0v) is 17.7. The van der Waals surface area contributed by atoms with Gasteiger partial charge in [-0.25, -0.2) is 13.2 Å². The topological polar surface area (TPSA) is 59.8 Å². The van der Waals surface area contributed by atoms with Gasteiger partial charge in [0.05, 0.1) is 11.4 Å². The van der Waals surface area contributed by atoms with Gasteiger partial charge in [-0.1, -0.05) is 59.8 Å². The summed E-state index contributed by atoms with van der Waals surface area (Å²) in [4.78, 5) is 12.3. The minimum absolute atomic E-state index is 0.142. The molecule has 1 aromatic heterocycles. The first kappa shape index (κ1) is 21.6. The third-order valence-corrected chi connectivity index (χ3v) is 5.53. The molecule has 0 aliphatic carbocycles. The lowest BCUT2D eigenvalue weighted by atomic mass is 10.1. The number of halogens is 3. The van der Waals surface area contributed by atoms with Crippen LogP contribution in [0.1, 0.15) is 5.56 Å². The summed E-state index contributed by atoms with van der Waals surface area (Å²) in [6.45, 7) is 1.99. The molecule has 0 fully saturated rings. The number of anilines is 1. The Labute approximate surface area is 186 Å². The molecule has 1 amide bonds. The first-order valence-corrected chi connectivity index (χ1v) is 10.6. The number of thioether (sulfide) groups is 1. The van der Waals surface area contributed by atoms with Gasteiger partial charge in [0, 0.05) is 11.3 Å². The number of carbonyl (C=O) groups is 1. The highest BCUT2D eigenvalue weighted by molar-refractivity contribution is 7.99. The van der Waals surface area contributed by atoms with E-state index in [4.69, 9.17) is 0 Å². The molecule has 0 spiro atoms. The summed E-state index contributed by atoms with van der Waals surface area (Å²) in [7, 11) is 0. The van der Waals surface area contributed by atoms with Gasteiger partial charge in [-0.3, -0.25) is 9.36 Å². The summed E-state index contributed by atoms with van der Waals surface area (Å²) in [6.07, 6.45) is 0. The van der Waals surface area contributed by atoms with Gasteiger partial charge in [-0.05, 0) is 31.2 Å². The number of amides is 1. The number of hydrogen-bond acceptors (Lipinski definition) is 4. The molecule has 0 saturated heterocycles. The second kappa shape index (κ2) is 9.27. The molecule has 0 bridgehead atoms. The van der Waals surface area contributed by atoms with Crippen molar-refractivity contribution in [3.63, 3.8) is 0 Å². The molecule has 9 heteroatoms. The van der Waals surface area contributed by atoms with Gasteiger partial charge in [0.1, 0.15) is 0 Å². The first-order valence-electron chi connectivity index (χ1n) is 9.58. The highest BCUT2D eigenvalue weighted by atomic mass is 32.2. The molecule has 162 valence electrons. The van der Waals surface area contributed by atoms with E-state index in [1.54, 1.807) is 0 Å². The number of rotatable bonds is 6. The molecule has 5 nitrogen and oxygen atoms in total.